The summed E-state index contributed by atoms with van der Waals surface area (Å²) in [6.07, 6.45) is -0.282. The molecule has 2 N–H and O–H groups in total. The van der Waals surface area contributed by atoms with Crippen molar-refractivity contribution in [3.05, 3.63) is 95.1 Å². The highest BCUT2D eigenvalue weighted by Crippen LogP contribution is 2.60. The largest absolute Gasteiger partial charge is 0.463 e. The van der Waals surface area contributed by atoms with Gasteiger partial charge in [-0.3, -0.25) is 4.79 Å². The first-order chi connectivity index (χ1) is 14.8. The predicted octanol–water partition coefficient (Wildman–Crippen LogP) is 4.24. The van der Waals surface area contributed by atoms with Gasteiger partial charge in [-0.15, -0.1) is 0 Å². The molecular weight excluding hydrogens is 392 g/mol. The van der Waals surface area contributed by atoms with Gasteiger partial charge in [0.2, 0.25) is 0 Å². The van der Waals surface area contributed by atoms with Crippen LogP contribution in [0.1, 0.15) is 42.5 Å². The molecule has 2 bridgehead atoms. The molecule has 3 aromatic rings. The van der Waals surface area contributed by atoms with E-state index in [4.69, 9.17) is 9.47 Å². The Labute approximate surface area is 180 Å². The van der Waals surface area contributed by atoms with Gasteiger partial charge in [-0.25, -0.2) is 0 Å². The summed E-state index contributed by atoms with van der Waals surface area (Å²) in [6, 6.07) is 21.8. The molecule has 0 fully saturated rings. The average Bonchev–Trinajstić information content (AvgIpc) is 2.76. The topological polar surface area (TPSA) is 76.0 Å². The molecule has 6 rings (SSSR count). The van der Waals surface area contributed by atoms with E-state index in [1.165, 1.54) is 0 Å². The van der Waals surface area contributed by atoms with Gasteiger partial charge in [0.15, 0.2) is 0 Å². The average molecular weight is 416 g/mol. The number of rotatable bonds is 4. The van der Waals surface area contributed by atoms with Crippen molar-refractivity contribution in [1.29, 1.82) is 0 Å². The Balaban J connectivity index is 1.66. The lowest BCUT2D eigenvalue weighted by Crippen LogP contribution is -2.57. The second kappa shape index (κ2) is 6.94. The number of hydrogen-bond donors (Lipinski definition) is 2. The van der Waals surface area contributed by atoms with E-state index >= 15 is 0 Å². The van der Waals surface area contributed by atoms with Crippen LogP contribution in [0, 0.1) is 5.92 Å². The lowest BCUT2D eigenvalue weighted by Gasteiger charge is -2.53. The van der Waals surface area contributed by atoms with Crippen molar-refractivity contribution in [2.24, 2.45) is 5.92 Å². The van der Waals surface area contributed by atoms with Gasteiger partial charge >= 0.3 is 5.97 Å². The maximum atomic E-state index is 13.0. The molecule has 3 aliphatic rings. The molecule has 0 saturated heterocycles. The monoisotopic (exact) mass is 416 g/mol. The van der Waals surface area contributed by atoms with Gasteiger partial charge in [0, 0.05) is 6.42 Å². The van der Waals surface area contributed by atoms with Gasteiger partial charge in [-0.2, -0.15) is 0 Å². The normalized spacial score (nSPS) is 25.6. The summed E-state index contributed by atoms with van der Waals surface area (Å²) in [4.78, 5) is 13.0. The Morgan fingerprint density at radius 3 is 2.23 bits per heavy atom. The second-order valence-corrected chi connectivity index (χ2v) is 8.54. The SMILES string of the molecule is CC(C)OC(=O)C1CC2(O)c3ccccc3C1(O)c1ccc(Oc3ccccc3)cc12. The number of hydrogen-bond acceptors (Lipinski definition) is 5. The number of fused-ring (bicyclic) bond motifs is 1. The maximum absolute atomic E-state index is 13.0. The van der Waals surface area contributed by atoms with Crippen LogP contribution in [0.3, 0.4) is 0 Å². The van der Waals surface area contributed by atoms with E-state index in [1.54, 1.807) is 50.2 Å². The molecule has 0 spiro atoms. The third-order valence-electron chi connectivity index (χ3n) is 6.25. The smallest absolute Gasteiger partial charge is 0.312 e. The minimum Gasteiger partial charge on any atom is -0.463 e. The highest BCUT2D eigenvalue weighted by atomic mass is 16.5. The summed E-state index contributed by atoms with van der Waals surface area (Å²) in [5.74, 6) is -0.204. The Morgan fingerprint density at radius 2 is 1.52 bits per heavy atom. The standard InChI is InChI=1S/C26H24O5/c1-16(2)30-24(27)23-15-25(28)19-10-6-7-11-20(19)26(23,29)21-13-12-18(14-22(21)25)31-17-8-4-3-5-9-17/h3-14,16,23,28-29H,15H2,1-2H3. The first-order valence-corrected chi connectivity index (χ1v) is 10.5. The van der Waals surface area contributed by atoms with Crippen molar-refractivity contribution in [1.82, 2.24) is 0 Å². The molecule has 3 atom stereocenters. The molecule has 3 aliphatic carbocycles. The molecule has 158 valence electrons. The Morgan fingerprint density at radius 1 is 0.871 bits per heavy atom. The zero-order valence-electron chi connectivity index (χ0n) is 17.4. The highest BCUT2D eigenvalue weighted by molar-refractivity contribution is 5.79. The molecule has 0 saturated carbocycles. The van der Waals surface area contributed by atoms with Crippen molar-refractivity contribution in [3.8, 4) is 11.5 Å². The van der Waals surface area contributed by atoms with Gasteiger partial charge in [-0.1, -0.05) is 48.5 Å². The van der Waals surface area contributed by atoms with Gasteiger partial charge in [0.1, 0.15) is 22.7 Å². The van der Waals surface area contributed by atoms with Crippen molar-refractivity contribution >= 4 is 5.97 Å². The zero-order valence-corrected chi connectivity index (χ0v) is 17.4. The second-order valence-electron chi connectivity index (χ2n) is 8.54. The van der Waals surface area contributed by atoms with Crippen LogP contribution in [0.2, 0.25) is 0 Å². The van der Waals surface area contributed by atoms with E-state index in [9.17, 15) is 15.0 Å². The molecule has 3 aromatic carbocycles. The number of esters is 1. The molecule has 0 aliphatic heterocycles. The summed E-state index contributed by atoms with van der Waals surface area (Å²) < 4.78 is 11.4. The van der Waals surface area contributed by atoms with Crippen molar-refractivity contribution in [2.75, 3.05) is 0 Å². The third kappa shape index (κ3) is 2.88. The quantitative estimate of drug-likeness (QED) is 0.623. The van der Waals surface area contributed by atoms with Crippen LogP contribution in [0.25, 0.3) is 0 Å². The Bertz CT molecular complexity index is 1160. The van der Waals surface area contributed by atoms with Crippen molar-refractivity contribution in [3.63, 3.8) is 0 Å². The van der Waals surface area contributed by atoms with Crippen LogP contribution in [-0.4, -0.2) is 22.3 Å². The molecule has 5 nitrogen and oxygen atoms in total. The summed E-state index contributed by atoms with van der Waals surface area (Å²) in [5, 5.41) is 23.9. The van der Waals surface area contributed by atoms with E-state index < -0.39 is 23.1 Å². The first-order valence-electron chi connectivity index (χ1n) is 10.5. The van der Waals surface area contributed by atoms with E-state index in [0.29, 0.717) is 33.8 Å². The van der Waals surface area contributed by atoms with Crippen LogP contribution in [0.15, 0.2) is 72.8 Å². The van der Waals surface area contributed by atoms with Crippen LogP contribution < -0.4 is 4.74 Å². The summed E-state index contributed by atoms with van der Waals surface area (Å²) in [5.41, 5.74) is -0.822. The number of benzene rings is 3. The highest BCUT2D eigenvalue weighted by Gasteiger charge is 2.62. The number of para-hydroxylation sites is 1. The number of carbonyl (C=O) groups is 1. The number of ether oxygens (including phenoxy) is 2. The maximum Gasteiger partial charge on any atom is 0.312 e. The van der Waals surface area contributed by atoms with Crippen LogP contribution in [0.4, 0.5) is 0 Å². The minimum absolute atomic E-state index is 0.0356. The van der Waals surface area contributed by atoms with Crippen LogP contribution in [-0.2, 0) is 20.7 Å². The van der Waals surface area contributed by atoms with Gasteiger partial charge in [0.05, 0.1) is 12.0 Å². The summed E-state index contributed by atoms with van der Waals surface area (Å²) in [7, 11) is 0. The van der Waals surface area contributed by atoms with Gasteiger partial charge < -0.3 is 19.7 Å². The molecule has 5 heteroatoms. The fraction of sp³-hybridized carbons (Fsp3) is 0.269. The molecule has 3 unspecified atom stereocenters. The number of aliphatic hydroxyl groups is 2. The van der Waals surface area contributed by atoms with E-state index in [1.807, 2.05) is 36.4 Å². The molecule has 0 aromatic heterocycles. The summed E-state index contributed by atoms with van der Waals surface area (Å²) in [6.45, 7) is 3.54. The zero-order chi connectivity index (χ0) is 21.8. The predicted molar refractivity (Wildman–Crippen MR) is 115 cm³/mol. The molecule has 0 amide bonds. The van der Waals surface area contributed by atoms with Crippen molar-refractivity contribution < 1.29 is 24.5 Å². The van der Waals surface area contributed by atoms with Crippen LogP contribution in [0.5, 0.6) is 11.5 Å². The number of carbonyl (C=O) groups excluding carboxylic acids is 1. The molecular formula is C26H24O5. The van der Waals surface area contributed by atoms with Crippen molar-refractivity contribution in [2.45, 2.75) is 37.6 Å². The fourth-order valence-electron chi connectivity index (χ4n) is 4.96. The minimum atomic E-state index is -1.59. The molecule has 0 radical (unpaired) electrons. The fourth-order valence-corrected chi connectivity index (χ4v) is 4.96. The Hall–Kier alpha value is -3.15. The summed E-state index contributed by atoms with van der Waals surface area (Å²) >= 11 is 0. The van der Waals surface area contributed by atoms with Gasteiger partial charge in [-0.05, 0) is 60.4 Å². The first kappa shape index (κ1) is 19.8. The van der Waals surface area contributed by atoms with Crippen LogP contribution >= 0.6 is 0 Å². The Kier molecular flexibility index (Phi) is 4.43. The lowest BCUT2D eigenvalue weighted by molar-refractivity contribution is -0.170. The van der Waals surface area contributed by atoms with Gasteiger partial charge in [0.25, 0.3) is 0 Å². The van der Waals surface area contributed by atoms with E-state index in [2.05, 4.69) is 0 Å². The lowest BCUT2D eigenvalue weighted by atomic mass is 9.54. The van der Waals surface area contributed by atoms with E-state index in [-0.39, 0.29) is 12.5 Å². The third-order valence-corrected chi connectivity index (χ3v) is 6.25. The molecule has 0 heterocycles. The van der Waals surface area contributed by atoms with E-state index in [0.717, 1.165) is 0 Å². The molecule has 31 heavy (non-hydrogen) atoms.